The lowest BCUT2D eigenvalue weighted by molar-refractivity contribution is 0.0696. The highest BCUT2D eigenvalue weighted by Crippen LogP contribution is 2.17. The predicted octanol–water partition coefficient (Wildman–Crippen LogP) is 3.03. The molecule has 0 spiro atoms. The van der Waals surface area contributed by atoms with E-state index in [1.165, 1.54) is 25.7 Å². The molecule has 0 aromatic heterocycles. The van der Waals surface area contributed by atoms with Gasteiger partial charge in [-0.05, 0) is 44.5 Å². The van der Waals surface area contributed by atoms with Gasteiger partial charge in [-0.2, -0.15) is 0 Å². The predicted molar refractivity (Wildman–Crippen MR) is 78.4 cm³/mol. The summed E-state index contributed by atoms with van der Waals surface area (Å²) in [4.78, 5) is 13.4. The van der Waals surface area contributed by atoms with E-state index in [4.69, 9.17) is 9.84 Å². The highest BCUT2D eigenvalue weighted by atomic mass is 16.5. The van der Waals surface area contributed by atoms with E-state index in [0.29, 0.717) is 18.4 Å². The van der Waals surface area contributed by atoms with Crippen molar-refractivity contribution in [2.75, 3.05) is 19.7 Å². The average Bonchev–Trinajstić information content (AvgIpc) is 2.64. The normalized spacial score (nSPS) is 20.4. The lowest BCUT2D eigenvalue weighted by atomic mass is 10.1. The molecule has 0 radical (unpaired) electrons. The van der Waals surface area contributed by atoms with E-state index in [1.54, 1.807) is 24.3 Å². The lowest BCUT2D eigenvalue weighted by Crippen LogP contribution is -2.35. The van der Waals surface area contributed by atoms with E-state index in [0.717, 1.165) is 13.1 Å². The second-order valence-corrected chi connectivity index (χ2v) is 5.42. The van der Waals surface area contributed by atoms with Crippen LogP contribution >= 0.6 is 0 Å². The van der Waals surface area contributed by atoms with Gasteiger partial charge in [-0.3, -0.25) is 4.90 Å². The zero-order chi connectivity index (χ0) is 14.4. The van der Waals surface area contributed by atoms with Gasteiger partial charge in [0.2, 0.25) is 0 Å². The van der Waals surface area contributed by atoms with E-state index in [1.807, 2.05) is 0 Å². The van der Waals surface area contributed by atoms with Crippen LogP contribution < -0.4 is 4.74 Å². The molecule has 110 valence electrons. The summed E-state index contributed by atoms with van der Waals surface area (Å²) in [5, 5.41) is 8.94. The van der Waals surface area contributed by atoms with Gasteiger partial charge in [0.05, 0.1) is 5.56 Å². The fourth-order valence-corrected chi connectivity index (χ4v) is 2.67. The van der Waals surface area contributed by atoms with Crippen molar-refractivity contribution in [2.45, 2.75) is 38.6 Å². The molecule has 0 aliphatic carbocycles. The first-order valence-electron chi connectivity index (χ1n) is 7.37. The molecule has 1 aliphatic heterocycles. The van der Waals surface area contributed by atoms with Crippen LogP contribution in [-0.4, -0.2) is 41.7 Å². The number of likely N-dealkylation sites (tertiary alicyclic amines) is 1. The number of carboxylic acid groups (broad SMARTS) is 1. The molecule has 2 rings (SSSR count). The number of hydrogen-bond donors (Lipinski definition) is 1. The molecule has 0 amide bonds. The van der Waals surface area contributed by atoms with Crippen molar-refractivity contribution in [1.82, 2.24) is 4.90 Å². The van der Waals surface area contributed by atoms with Crippen LogP contribution in [0.15, 0.2) is 24.3 Å². The monoisotopic (exact) mass is 277 g/mol. The Labute approximate surface area is 120 Å². The van der Waals surface area contributed by atoms with E-state index in [2.05, 4.69) is 11.8 Å². The molecule has 1 saturated heterocycles. The Balaban J connectivity index is 1.83. The van der Waals surface area contributed by atoms with Crippen molar-refractivity contribution in [3.63, 3.8) is 0 Å². The van der Waals surface area contributed by atoms with Crippen LogP contribution in [-0.2, 0) is 0 Å². The molecule has 1 aromatic carbocycles. The van der Waals surface area contributed by atoms with Gasteiger partial charge >= 0.3 is 5.97 Å². The summed E-state index contributed by atoms with van der Waals surface area (Å²) in [5.41, 5.74) is 0.269. The SMILES string of the molecule is CC1CCCCCN1CCOc1cccc(C(=O)O)c1. The van der Waals surface area contributed by atoms with Crippen LogP contribution in [0.1, 0.15) is 43.0 Å². The second kappa shape index (κ2) is 7.29. The Bertz CT molecular complexity index is 447. The third-order valence-corrected chi connectivity index (χ3v) is 3.92. The number of ether oxygens (including phenoxy) is 1. The molecular weight excluding hydrogens is 254 g/mol. The van der Waals surface area contributed by atoms with Crippen molar-refractivity contribution in [3.8, 4) is 5.75 Å². The lowest BCUT2D eigenvalue weighted by Gasteiger charge is -2.26. The van der Waals surface area contributed by atoms with Crippen LogP contribution in [0.5, 0.6) is 5.75 Å². The van der Waals surface area contributed by atoms with E-state index < -0.39 is 5.97 Å². The quantitative estimate of drug-likeness (QED) is 0.898. The summed E-state index contributed by atoms with van der Waals surface area (Å²) in [6.07, 6.45) is 5.16. The van der Waals surface area contributed by atoms with Crippen molar-refractivity contribution in [1.29, 1.82) is 0 Å². The summed E-state index contributed by atoms with van der Waals surface area (Å²) in [7, 11) is 0. The second-order valence-electron chi connectivity index (χ2n) is 5.42. The van der Waals surface area contributed by atoms with Gasteiger partial charge in [-0.25, -0.2) is 4.79 Å². The van der Waals surface area contributed by atoms with Crippen molar-refractivity contribution < 1.29 is 14.6 Å². The van der Waals surface area contributed by atoms with E-state index in [9.17, 15) is 4.79 Å². The molecule has 1 N–H and O–H groups in total. The molecule has 1 atom stereocenters. The zero-order valence-electron chi connectivity index (χ0n) is 12.0. The van der Waals surface area contributed by atoms with Gasteiger partial charge in [0.25, 0.3) is 0 Å². The molecule has 1 aromatic rings. The van der Waals surface area contributed by atoms with Gasteiger partial charge in [0.1, 0.15) is 12.4 Å². The van der Waals surface area contributed by atoms with Gasteiger partial charge < -0.3 is 9.84 Å². The molecule has 1 heterocycles. The first-order chi connectivity index (χ1) is 9.66. The molecule has 4 nitrogen and oxygen atoms in total. The number of carbonyl (C=O) groups is 1. The zero-order valence-corrected chi connectivity index (χ0v) is 12.0. The fourth-order valence-electron chi connectivity index (χ4n) is 2.67. The Morgan fingerprint density at radius 3 is 3.05 bits per heavy atom. The smallest absolute Gasteiger partial charge is 0.335 e. The summed E-state index contributed by atoms with van der Waals surface area (Å²) in [6, 6.07) is 7.29. The van der Waals surface area contributed by atoms with E-state index in [-0.39, 0.29) is 5.56 Å². The Kier molecular flexibility index (Phi) is 5.41. The van der Waals surface area contributed by atoms with Gasteiger partial charge in [0, 0.05) is 12.6 Å². The van der Waals surface area contributed by atoms with Crippen molar-refractivity contribution >= 4 is 5.97 Å². The Hall–Kier alpha value is -1.55. The van der Waals surface area contributed by atoms with E-state index >= 15 is 0 Å². The molecule has 20 heavy (non-hydrogen) atoms. The van der Waals surface area contributed by atoms with Crippen molar-refractivity contribution in [3.05, 3.63) is 29.8 Å². The molecule has 1 fully saturated rings. The molecular formula is C16H23NO3. The third-order valence-electron chi connectivity index (χ3n) is 3.92. The molecule has 1 aliphatic rings. The standard InChI is InChI=1S/C16H23NO3/c1-13-6-3-2-4-9-17(13)10-11-20-15-8-5-7-14(12-15)16(18)19/h5,7-8,12-13H,2-4,6,9-11H2,1H3,(H,18,19). The van der Waals surface area contributed by atoms with Crippen LogP contribution in [0.25, 0.3) is 0 Å². The number of benzene rings is 1. The van der Waals surface area contributed by atoms with Gasteiger partial charge in [-0.1, -0.05) is 18.9 Å². The topological polar surface area (TPSA) is 49.8 Å². The van der Waals surface area contributed by atoms with Crippen LogP contribution in [0, 0.1) is 0 Å². The maximum atomic E-state index is 10.9. The molecule has 0 saturated carbocycles. The largest absolute Gasteiger partial charge is 0.492 e. The summed E-state index contributed by atoms with van der Waals surface area (Å²) < 4.78 is 5.68. The number of rotatable bonds is 5. The number of hydrogen-bond acceptors (Lipinski definition) is 3. The first-order valence-corrected chi connectivity index (χ1v) is 7.37. The molecule has 4 heteroatoms. The average molecular weight is 277 g/mol. The maximum absolute atomic E-state index is 10.9. The maximum Gasteiger partial charge on any atom is 0.335 e. The Morgan fingerprint density at radius 2 is 2.25 bits per heavy atom. The third kappa shape index (κ3) is 4.23. The Morgan fingerprint density at radius 1 is 1.40 bits per heavy atom. The number of aromatic carboxylic acids is 1. The molecule has 1 unspecified atom stereocenters. The highest BCUT2D eigenvalue weighted by molar-refractivity contribution is 5.87. The minimum absolute atomic E-state index is 0.269. The van der Waals surface area contributed by atoms with Gasteiger partial charge in [-0.15, -0.1) is 0 Å². The molecule has 0 bridgehead atoms. The van der Waals surface area contributed by atoms with Crippen LogP contribution in [0.4, 0.5) is 0 Å². The first kappa shape index (κ1) is 14.9. The minimum Gasteiger partial charge on any atom is -0.492 e. The fraction of sp³-hybridized carbons (Fsp3) is 0.562. The van der Waals surface area contributed by atoms with Crippen molar-refractivity contribution in [2.24, 2.45) is 0 Å². The summed E-state index contributed by atoms with van der Waals surface area (Å²) in [6.45, 7) is 4.92. The number of nitrogens with zero attached hydrogens (tertiary/aromatic N) is 1. The number of carboxylic acids is 1. The van der Waals surface area contributed by atoms with Gasteiger partial charge in [0.15, 0.2) is 0 Å². The summed E-state index contributed by atoms with van der Waals surface area (Å²) in [5.74, 6) is -0.288. The summed E-state index contributed by atoms with van der Waals surface area (Å²) >= 11 is 0. The highest BCUT2D eigenvalue weighted by Gasteiger charge is 2.16. The van der Waals surface area contributed by atoms with Crippen LogP contribution in [0.3, 0.4) is 0 Å². The minimum atomic E-state index is -0.920. The van der Waals surface area contributed by atoms with Crippen LogP contribution in [0.2, 0.25) is 0 Å².